The lowest BCUT2D eigenvalue weighted by Gasteiger charge is -2.09. The zero-order chi connectivity index (χ0) is 23.4. The largest absolute Gasteiger partial charge is 0.497 e. The Morgan fingerprint density at radius 1 is 0.970 bits per heavy atom. The highest BCUT2D eigenvalue weighted by atomic mass is 16.6. The van der Waals surface area contributed by atoms with Gasteiger partial charge in [-0.2, -0.15) is 5.10 Å². The predicted molar refractivity (Wildman–Crippen MR) is 123 cm³/mol. The molecule has 166 valence electrons. The van der Waals surface area contributed by atoms with Gasteiger partial charge < -0.3 is 14.8 Å². The van der Waals surface area contributed by atoms with Gasteiger partial charge in [0.25, 0.3) is 11.6 Å². The van der Waals surface area contributed by atoms with E-state index in [4.69, 9.17) is 9.47 Å². The Balaban J connectivity index is 1.54. The van der Waals surface area contributed by atoms with Gasteiger partial charge in [-0.3, -0.25) is 20.0 Å². The summed E-state index contributed by atoms with van der Waals surface area (Å²) in [6.07, 6.45) is 0. The Labute approximate surface area is 189 Å². The van der Waals surface area contributed by atoms with Crippen molar-refractivity contribution in [3.8, 4) is 28.5 Å². The fraction of sp³-hybridized carbons (Fsp3) is 0.0833. The molecule has 4 rings (SSSR count). The first-order valence-electron chi connectivity index (χ1n) is 9.96. The fourth-order valence-electron chi connectivity index (χ4n) is 3.11. The number of ether oxygens (including phenoxy) is 2. The fourth-order valence-corrected chi connectivity index (χ4v) is 3.11. The van der Waals surface area contributed by atoms with E-state index in [1.807, 2.05) is 31.2 Å². The zero-order valence-corrected chi connectivity index (χ0v) is 17.9. The van der Waals surface area contributed by atoms with E-state index in [9.17, 15) is 14.9 Å². The number of non-ortho nitro benzene ring substituents is 1. The molecule has 1 aromatic heterocycles. The molecule has 1 heterocycles. The van der Waals surface area contributed by atoms with Gasteiger partial charge in [0.05, 0.1) is 29.5 Å². The summed E-state index contributed by atoms with van der Waals surface area (Å²) < 4.78 is 10.8. The topological polar surface area (TPSA) is 119 Å². The van der Waals surface area contributed by atoms with Crippen molar-refractivity contribution < 1.29 is 19.2 Å². The molecule has 0 saturated heterocycles. The van der Waals surface area contributed by atoms with Crippen molar-refractivity contribution in [2.24, 2.45) is 0 Å². The molecule has 0 aliphatic rings. The zero-order valence-electron chi connectivity index (χ0n) is 17.9. The quantitative estimate of drug-likeness (QED) is 0.293. The SMILES string of the molecule is COc1ccc(Oc2cc(NC(=O)c3cc(-c4ccc(C)cc4)n[nH]3)cc([N+](=O)[O-])c2)cc1. The number of rotatable bonds is 7. The number of nitro benzene ring substituents is 1. The van der Waals surface area contributed by atoms with Crippen molar-refractivity contribution in [1.82, 2.24) is 10.2 Å². The first-order chi connectivity index (χ1) is 15.9. The van der Waals surface area contributed by atoms with E-state index in [1.54, 1.807) is 37.4 Å². The third-order valence-electron chi connectivity index (χ3n) is 4.82. The van der Waals surface area contributed by atoms with Gasteiger partial charge in [-0.1, -0.05) is 29.8 Å². The molecule has 2 N–H and O–H groups in total. The van der Waals surface area contributed by atoms with Gasteiger partial charge in [-0.05, 0) is 37.3 Å². The van der Waals surface area contributed by atoms with Crippen molar-refractivity contribution in [2.75, 3.05) is 12.4 Å². The number of benzene rings is 3. The average molecular weight is 444 g/mol. The third kappa shape index (κ3) is 5.16. The highest BCUT2D eigenvalue weighted by Crippen LogP contribution is 2.31. The van der Waals surface area contributed by atoms with E-state index in [1.165, 1.54) is 18.2 Å². The Kier molecular flexibility index (Phi) is 6.03. The Morgan fingerprint density at radius 3 is 2.33 bits per heavy atom. The number of hydrogen-bond acceptors (Lipinski definition) is 6. The number of amides is 1. The summed E-state index contributed by atoms with van der Waals surface area (Å²) in [4.78, 5) is 23.6. The minimum Gasteiger partial charge on any atom is -0.497 e. The molecule has 1 amide bonds. The van der Waals surface area contributed by atoms with Crippen LogP contribution in [0.2, 0.25) is 0 Å². The van der Waals surface area contributed by atoms with Gasteiger partial charge in [0.1, 0.15) is 22.9 Å². The summed E-state index contributed by atoms with van der Waals surface area (Å²) in [5.41, 5.74) is 2.80. The smallest absolute Gasteiger partial charge is 0.275 e. The van der Waals surface area contributed by atoms with Crippen molar-refractivity contribution in [2.45, 2.75) is 6.92 Å². The van der Waals surface area contributed by atoms with Crippen molar-refractivity contribution in [3.63, 3.8) is 0 Å². The summed E-state index contributed by atoms with van der Waals surface area (Å²) in [5, 5.41) is 20.9. The molecule has 33 heavy (non-hydrogen) atoms. The first-order valence-corrected chi connectivity index (χ1v) is 9.96. The monoisotopic (exact) mass is 444 g/mol. The van der Waals surface area contributed by atoms with E-state index >= 15 is 0 Å². The van der Waals surface area contributed by atoms with Crippen molar-refractivity contribution in [1.29, 1.82) is 0 Å². The van der Waals surface area contributed by atoms with E-state index in [0.29, 0.717) is 17.2 Å². The second kappa shape index (κ2) is 9.23. The summed E-state index contributed by atoms with van der Waals surface area (Å²) in [7, 11) is 1.55. The van der Waals surface area contributed by atoms with Crippen LogP contribution in [0.15, 0.2) is 72.8 Å². The minimum atomic E-state index is -0.553. The molecule has 9 nitrogen and oxygen atoms in total. The highest BCUT2D eigenvalue weighted by molar-refractivity contribution is 6.03. The normalized spacial score (nSPS) is 10.5. The predicted octanol–water partition coefficient (Wildman–Crippen LogP) is 5.35. The molecule has 3 aromatic carbocycles. The molecule has 0 radical (unpaired) electrons. The number of nitrogens with zero attached hydrogens (tertiary/aromatic N) is 2. The van der Waals surface area contributed by atoms with Gasteiger partial charge in [0.2, 0.25) is 0 Å². The minimum absolute atomic E-state index is 0.203. The number of aryl methyl sites for hydroxylation is 1. The van der Waals surface area contributed by atoms with Crippen LogP contribution in [0.1, 0.15) is 16.1 Å². The summed E-state index contributed by atoms with van der Waals surface area (Å²) in [6.45, 7) is 1.98. The number of nitrogens with one attached hydrogen (secondary N) is 2. The van der Waals surface area contributed by atoms with Crippen LogP contribution < -0.4 is 14.8 Å². The molecule has 0 unspecified atom stereocenters. The molecule has 0 saturated carbocycles. The summed E-state index contributed by atoms with van der Waals surface area (Å²) in [5.74, 6) is 0.829. The van der Waals surface area contributed by atoms with Gasteiger partial charge in [0, 0.05) is 17.7 Å². The molecule has 0 fully saturated rings. The highest BCUT2D eigenvalue weighted by Gasteiger charge is 2.16. The molecule has 9 heteroatoms. The van der Waals surface area contributed by atoms with Crippen LogP contribution in [0.3, 0.4) is 0 Å². The van der Waals surface area contributed by atoms with Crippen LogP contribution in [0.25, 0.3) is 11.3 Å². The maximum Gasteiger partial charge on any atom is 0.275 e. The summed E-state index contributed by atoms with van der Waals surface area (Å²) >= 11 is 0. The van der Waals surface area contributed by atoms with Gasteiger partial charge >= 0.3 is 0 Å². The maximum atomic E-state index is 12.7. The van der Waals surface area contributed by atoms with E-state index in [2.05, 4.69) is 15.5 Å². The first kappa shape index (κ1) is 21.6. The molecule has 4 aromatic rings. The van der Waals surface area contributed by atoms with Crippen LogP contribution in [-0.4, -0.2) is 28.1 Å². The molecule has 0 aliphatic carbocycles. The van der Waals surface area contributed by atoms with E-state index in [-0.39, 0.29) is 22.8 Å². The molecular weight excluding hydrogens is 424 g/mol. The van der Waals surface area contributed by atoms with Gasteiger partial charge in [0.15, 0.2) is 0 Å². The second-order valence-electron chi connectivity index (χ2n) is 7.24. The molecule has 0 atom stereocenters. The van der Waals surface area contributed by atoms with Gasteiger partial charge in [-0.25, -0.2) is 0 Å². The number of aromatic nitrogens is 2. The lowest BCUT2D eigenvalue weighted by Crippen LogP contribution is -2.12. The second-order valence-corrected chi connectivity index (χ2v) is 7.24. The Bertz CT molecular complexity index is 1300. The standard InChI is InChI=1S/C24H20N4O5/c1-15-3-5-16(6-4-15)22-14-23(27-26-22)24(29)25-17-11-18(28(30)31)13-21(12-17)33-20-9-7-19(32-2)8-10-20/h3-14H,1-2H3,(H,25,29)(H,26,27). The van der Waals surface area contributed by atoms with E-state index in [0.717, 1.165) is 11.1 Å². The van der Waals surface area contributed by atoms with Crippen LogP contribution in [-0.2, 0) is 0 Å². The number of nitro groups is 1. The van der Waals surface area contributed by atoms with Crippen LogP contribution in [0.4, 0.5) is 11.4 Å². The number of hydrogen-bond donors (Lipinski definition) is 2. The van der Waals surface area contributed by atoms with Crippen LogP contribution in [0.5, 0.6) is 17.2 Å². The molecule has 0 aliphatic heterocycles. The van der Waals surface area contributed by atoms with Crippen LogP contribution in [0, 0.1) is 17.0 Å². The Morgan fingerprint density at radius 2 is 1.67 bits per heavy atom. The Hall–Kier alpha value is -4.66. The molecule has 0 spiro atoms. The number of carbonyl (C=O) groups excluding carboxylic acids is 1. The molecular formula is C24H20N4O5. The summed E-state index contributed by atoms with van der Waals surface area (Å²) in [6, 6.07) is 20.2. The number of H-pyrrole nitrogens is 1. The lowest BCUT2D eigenvalue weighted by atomic mass is 10.1. The third-order valence-corrected chi connectivity index (χ3v) is 4.82. The van der Waals surface area contributed by atoms with Gasteiger partial charge in [-0.15, -0.1) is 0 Å². The maximum absolute atomic E-state index is 12.7. The number of carbonyl (C=O) groups is 1. The van der Waals surface area contributed by atoms with Crippen molar-refractivity contribution in [3.05, 3.63) is 94.2 Å². The molecule has 0 bridgehead atoms. The van der Waals surface area contributed by atoms with Crippen molar-refractivity contribution >= 4 is 17.3 Å². The van der Waals surface area contributed by atoms with E-state index < -0.39 is 10.8 Å². The number of aromatic amines is 1. The number of anilines is 1. The average Bonchev–Trinajstić information content (AvgIpc) is 3.30. The lowest BCUT2D eigenvalue weighted by molar-refractivity contribution is -0.384. The number of methoxy groups -OCH3 is 1. The van der Waals surface area contributed by atoms with Crippen LogP contribution >= 0.6 is 0 Å².